The molecule has 6 heteroatoms. The molecule has 0 N–H and O–H groups in total. The highest BCUT2D eigenvalue weighted by Gasteiger charge is 2.09. The monoisotopic (exact) mass is 309 g/mol. The Morgan fingerprint density at radius 2 is 2.28 bits per heavy atom. The summed E-state index contributed by atoms with van der Waals surface area (Å²) in [6.45, 7) is 2.70. The van der Waals surface area contributed by atoms with Crippen LogP contribution in [0.1, 0.15) is 22.8 Å². The van der Waals surface area contributed by atoms with Crippen LogP contribution in [0.5, 0.6) is 0 Å². The van der Waals surface area contributed by atoms with Crippen LogP contribution in [-0.2, 0) is 11.3 Å². The summed E-state index contributed by atoms with van der Waals surface area (Å²) in [7, 11) is 0. The van der Waals surface area contributed by atoms with Crippen LogP contribution in [-0.4, -0.2) is 27.3 Å². The Kier molecular flexibility index (Phi) is 4.09. The second kappa shape index (κ2) is 5.77. The van der Waals surface area contributed by atoms with Gasteiger partial charge in [0.15, 0.2) is 0 Å². The lowest BCUT2D eigenvalue weighted by molar-refractivity contribution is 0.0526. The zero-order chi connectivity index (χ0) is 13.0. The van der Waals surface area contributed by atoms with Crippen LogP contribution in [0.2, 0.25) is 0 Å². The molecular formula is C12H12BrN3O2. The second-order valence-corrected chi connectivity index (χ2v) is 4.57. The van der Waals surface area contributed by atoms with Crippen LogP contribution in [0.3, 0.4) is 0 Å². The van der Waals surface area contributed by atoms with E-state index in [4.69, 9.17) is 4.74 Å². The number of pyridine rings is 1. The molecule has 0 unspecified atom stereocenters. The molecule has 0 aliphatic heterocycles. The predicted molar refractivity (Wildman–Crippen MR) is 69.2 cm³/mol. The van der Waals surface area contributed by atoms with Crippen molar-refractivity contribution < 1.29 is 9.53 Å². The lowest BCUT2D eigenvalue weighted by Gasteiger charge is -2.01. The Hall–Kier alpha value is -1.69. The molecule has 2 rings (SSSR count). The third kappa shape index (κ3) is 3.16. The van der Waals surface area contributed by atoms with E-state index < -0.39 is 0 Å². The summed E-state index contributed by atoms with van der Waals surface area (Å²) >= 11 is 3.36. The number of esters is 1. The summed E-state index contributed by atoms with van der Waals surface area (Å²) in [6.07, 6.45) is 6.65. The Morgan fingerprint density at radius 1 is 1.44 bits per heavy atom. The van der Waals surface area contributed by atoms with Crippen molar-refractivity contribution in [3.8, 4) is 0 Å². The van der Waals surface area contributed by atoms with Gasteiger partial charge in [-0.3, -0.25) is 9.67 Å². The molecule has 0 radical (unpaired) electrons. The molecule has 2 aromatic rings. The lowest BCUT2D eigenvalue weighted by Crippen LogP contribution is -2.04. The molecule has 0 saturated heterocycles. The van der Waals surface area contributed by atoms with Gasteiger partial charge in [0.2, 0.25) is 0 Å². The Morgan fingerprint density at radius 3 is 3.00 bits per heavy atom. The third-order valence-electron chi connectivity index (χ3n) is 2.25. The maximum atomic E-state index is 11.5. The molecule has 18 heavy (non-hydrogen) atoms. The minimum Gasteiger partial charge on any atom is -0.462 e. The molecule has 94 valence electrons. The van der Waals surface area contributed by atoms with Crippen LogP contribution >= 0.6 is 15.9 Å². The summed E-state index contributed by atoms with van der Waals surface area (Å²) in [5.74, 6) is -0.351. The number of halogens is 1. The van der Waals surface area contributed by atoms with Crippen LogP contribution in [0.15, 0.2) is 35.3 Å². The Labute approximate surface area is 113 Å². The Balaban J connectivity index is 2.09. The fourth-order valence-corrected chi connectivity index (χ4v) is 1.91. The van der Waals surface area contributed by atoms with Crippen molar-refractivity contribution in [2.75, 3.05) is 6.61 Å². The lowest BCUT2D eigenvalue weighted by atomic mass is 10.3. The van der Waals surface area contributed by atoms with Gasteiger partial charge in [-0.05, 0) is 34.5 Å². The summed E-state index contributed by atoms with van der Waals surface area (Å²) < 4.78 is 7.49. The van der Waals surface area contributed by atoms with Crippen molar-refractivity contribution in [1.29, 1.82) is 0 Å². The molecule has 2 aromatic heterocycles. The van der Waals surface area contributed by atoms with Gasteiger partial charge in [-0.25, -0.2) is 4.79 Å². The second-order valence-electron chi connectivity index (χ2n) is 3.66. The van der Waals surface area contributed by atoms with Gasteiger partial charge in [-0.15, -0.1) is 0 Å². The fraction of sp³-hybridized carbons (Fsp3) is 0.250. The van der Waals surface area contributed by atoms with E-state index in [0.29, 0.717) is 18.7 Å². The van der Waals surface area contributed by atoms with Crippen LogP contribution in [0.25, 0.3) is 0 Å². The van der Waals surface area contributed by atoms with Gasteiger partial charge in [0.25, 0.3) is 0 Å². The number of aromatic nitrogens is 3. The van der Waals surface area contributed by atoms with Gasteiger partial charge in [0.05, 0.1) is 24.9 Å². The zero-order valence-electron chi connectivity index (χ0n) is 9.84. The van der Waals surface area contributed by atoms with Crippen molar-refractivity contribution >= 4 is 21.9 Å². The number of hydrogen-bond donors (Lipinski definition) is 0. The molecule has 0 aliphatic rings. The smallest absolute Gasteiger partial charge is 0.341 e. The minimum atomic E-state index is -0.351. The van der Waals surface area contributed by atoms with Crippen molar-refractivity contribution in [2.24, 2.45) is 0 Å². The third-order valence-corrected chi connectivity index (χ3v) is 2.68. The first-order valence-corrected chi connectivity index (χ1v) is 6.27. The van der Waals surface area contributed by atoms with E-state index in [0.717, 1.165) is 10.0 Å². The highest BCUT2D eigenvalue weighted by atomic mass is 79.9. The molecule has 0 aromatic carbocycles. The first-order chi connectivity index (χ1) is 8.69. The molecule has 2 heterocycles. The topological polar surface area (TPSA) is 57.0 Å². The molecular weight excluding hydrogens is 298 g/mol. The average molecular weight is 310 g/mol. The number of rotatable bonds is 4. The van der Waals surface area contributed by atoms with Gasteiger partial charge < -0.3 is 4.74 Å². The largest absolute Gasteiger partial charge is 0.462 e. The van der Waals surface area contributed by atoms with Gasteiger partial charge in [-0.2, -0.15) is 5.10 Å². The number of ether oxygens (including phenoxy) is 1. The summed E-state index contributed by atoms with van der Waals surface area (Å²) in [6, 6.07) is 1.96. The van der Waals surface area contributed by atoms with Gasteiger partial charge >= 0.3 is 5.97 Å². The molecule has 0 amide bonds. The van der Waals surface area contributed by atoms with Crippen LogP contribution in [0, 0.1) is 0 Å². The average Bonchev–Trinajstić information content (AvgIpc) is 2.78. The molecule has 0 aliphatic carbocycles. The normalized spacial score (nSPS) is 10.3. The summed E-state index contributed by atoms with van der Waals surface area (Å²) in [5, 5.41) is 4.12. The van der Waals surface area contributed by atoms with Crippen molar-refractivity contribution in [3.63, 3.8) is 0 Å². The van der Waals surface area contributed by atoms with E-state index in [1.54, 1.807) is 30.2 Å². The van der Waals surface area contributed by atoms with Gasteiger partial charge in [0, 0.05) is 23.1 Å². The number of carbonyl (C=O) groups is 1. The van der Waals surface area contributed by atoms with Crippen molar-refractivity contribution in [1.82, 2.24) is 14.8 Å². The molecule has 0 bridgehead atoms. The van der Waals surface area contributed by atoms with E-state index in [1.165, 1.54) is 6.20 Å². The molecule has 0 saturated carbocycles. The minimum absolute atomic E-state index is 0.351. The van der Waals surface area contributed by atoms with E-state index in [2.05, 4.69) is 26.0 Å². The maximum absolute atomic E-state index is 11.5. The molecule has 0 fully saturated rings. The molecule has 0 atom stereocenters. The summed E-state index contributed by atoms with van der Waals surface area (Å²) in [5.41, 5.74) is 1.46. The SMILES string of the molecule is CCOC(=O)c1cnn(Cc2cncc(Br)c2)c1. The van der Waals surface area contributed by atoms with Crippen LogP contribution < -0.4 is 0 Å². The highest BCUT2D eigenvalue weighted by Crippen LogP contribution is 2.11. The van der Waals surface area contributed by atoms with E-state index in [1.807, 2.05) is 6.07 Å². The van der Waals surface area contributed by atoms with Gasteiger partial charge in [0.1, 0.15) is 0 Å². The quantitative estimate of drug-likeness (QED) is 0.813. The van der Waals surface area contributed by atoms with Crippen LogP contribution in [0.4, 0.5) is 0 Å². The highest BCUT2D eigenvalue weighted by molar-refractivity contribution is 9.10. The van der Waals surface area contributed by atoms with E-state index in [9.17, 15) is 4.79 Å². The summed E-state index contributed by atoms with van der Waals surface area (Å²) in [4.78, 5) is 15.5. The molecule has 0 spiro atoms. The predicted octanol–water partition coefficient (Wildman–Crippen LogP) is 2.27. The maximum Gasteiger partial charge on any atom is 0.341 e. The first-order valence-electron chi connectivity index (χ1n) is 5.48. The fourth-order valence-electron chi connectivity index (χ4n) is 1.50. The number of nitrogens with zero attached hydrogens (tertiary/aromatic N) is 3. The standard InChI is InChI=1S/C12H12BrN3O2/c1-2-18-12(17)10-5-15-16(8-10)7-9-3-11(13)6-14-4-9/h3-6,8H,2,7H2,1H3. The number of hydrogen-bond acceptors (Lipinski definition) is 4. The van der Waals surface area contributed by atoms with Gasteiger partial charge in [-0.1, -0.05) is 0 Å². The zero-order valence-corrected chi connectivity index (χ0v) is 11.4. The molecule has 5 nitrogen and oxygen atoms in total. The van der Waals surface area contributed by atoms with E-state index >= 15 is 0 Å². The van der Waals surface area contributed by atoms with E-state index in [-0.39, 0.29) is 5.97 Å². The van der Waals surface area contributed by atoms with Crippen molar-refractivity contribution in [3.05, 3.63) is 46.5 Å². The first kappa shape index (κ1) is 12.8. The van der Waals surface area contributed by atoms with Crippen molar-refractivity contribution in [2.45, 2.75) is 13.5 Å². The number of carbonyl (C=O) groups excluding carboxylic acids is 1. The Bertz CT molecular complexity index is 554.